The molecule has 226 valence electrons. The van der Waals surface area contributed by atoms with Crippen molar-refractivity contribution >= 4 is 49.7 Å². The maximum absolute atomic E-state index is 5.09. The third-order valence-corrected chi connectivity index (χ3v) is 9.80. The lowest BCUT2D eigenvalue weighted by molar-refractivity contribution is 0.663. The summed E-state index contributed by atoms with van der Waals surface area (Å²) in [5, 5.41) is 4.83. The normalized spacial score (nSPS) is 13.7. The Morgan fingerprint density at radius 3 is 2.11 bits per heavy atom. The number of fused-ring (bicyclic) bond motifs is 10. The minimum atomic E-state index is -0.226. The van der Waals surface area contributed by atoms with Crippen LogP contribution in [0.1, 0.15) is 43.5 Å². The van der Waals surface area contributed by atoms with Gasteiger partial charge in [0.25, 0.3) is 0 Å². The lowest BCUT2D eigenvalue weighted by Gasteiger charge is -2.23. The minimum absolute atomic E-state index is 0.226. The predicted molar refractivity (Wildman–Crippen MR) is 195 cm³/mol. The van der Waals surface area contributed by atoms with Crippen molar-refractivity contribution in [3.05, 3.63) is 145 Å². The topological polar surface area (TPSA) is 48.5 Å². The van der Waals surface area contributed by atoms with Crippen LogP contribution in [-0.4, -0.2) is 24.1 Å². The Morgan fingerprint density at radius 1 is 0.681 bits per heavy atom. The van der Waals surface area contributed by atoms with Gasteiger partial charge in [-0.3, -0.25) is 4.57 Å². The SMILES string of the molecule is C=CCc1nc(/C=C/C)nc(-n2c3cc(-n4c5ccccc5c5ccccc54)ccc3c3ccc4c(c32)C(C)(C)c2ccccc2-4)n1. The largest absolute Gasteiger partial charge is 0.309 e. The summed E-state index contributed by atoms with van der Waals surface area (Å²) in [5.41, 5.74) is 10.6. The molecule has 3 aromatic heterocycles. The van der Waals surface area contributed by atoms with E-state index in [1.54, 1.807) is 0 Å². The highest BCUT2D eigenvalue weighted by Crippen LogP contribution is 2.53. The van der Waals surface area contributed by atoms with Crippen LogP contribution in [0.5, 0.6) is 0 Å². The molecule has 0 aliphatic heterocycles. The zero-order chi connectivity index (χ0) is 31.9. The zero-order valence-corrected chi connectivity index (χ0v) is 26.7. The van der Waals surface area contributed by atoms with Gasteiger partial charge >= 0.3 is 0 Å². The van der Waals surface area contributed by atoms with E-state index in [0.717, 1.165) is 22.1 Å². The van der Waals surface area contributed by atoms with Gasteiger partial charge in [-0.05, 0) is 59.5 Å². The van der Waals surface area contributed by atoms with E-state index in [1.807, 2.05) is 25.2 Å². The Kier molecular flexibility index (Phi) is 5.91. The molecule has 0 saturated heterocycles. The molecule has 1 aliphatic carbocycles. The van der Waals surface area contributed by atoms with Crippen LogP contribution in [-0.2, 0) is 11.8 Å². The van der Waals surface area contributed by atoms with Crippen LogP contribution in [0.4, 0.5) is 0 Å². The Bertz CT molecular complexity index is 2560. The molecule has 0 saturated carbocycles. The van der Waals surface area contributed by atoms with E-state index >= 15 is 0 Å². The first-order valence-electron chi connectivity index (χ1n) is 16.2. The molecule has 8 aromatic rings. The maximum atomic E-state index is 5.09. The molecule has 47 heavy (non-hydrogen) atoms. The van der Waals surface area contributed by atoms with Gasteiger partial charge < -0.3 is 4.57 Å². The van der Waals surface area contributed by atoms with Gasteiger partial charge in [0.2, 0.25) is 5.95 Å². The van der Waals surface area contributed by atoms with Crippen LogP contribution in [0.3, 0.4) is 0 Å². The third kappa shape index (κ3) is 3.86. The highest BCUT2D eigenvalue weighted by atomic mass is 15.2. The van der Waals surface area contributed by atoms with Gasteiger partial charge in [-0.15, -0.1) is 6.58 Å². The first-order chi connectivity index (χ1) is 23.0. The molecule has 0 radical (unpaired) electrons. The average molecular weight is 608 g/mol. The van der Waals surface area contributed by atoms with Crippen molar-refractivity contribution in [3.63, 3.8) is 0 Å². The number of allylic oxidation sites excluding steroid dienone is 2. The number of rotatable bonds is 5. The van der Waals surface area contributed by atoms with E-state index in [0.29, 0.717) is 24.0 Å². The molecular formula is C42H33N5. The fourth-order valence-corrected chi connectivity index (χ4v) is 7.87. The van der Waals surface area contributed by atoms with Crippen LogP contribution in [0.2, 0.25) is 0 Å². The zero-order valence-electron chi connectivity index (χ0n) is 26.7. The number of benzene rings is 5. The van der Waals surface area contributed by atoms with E-state index in [9.17, 15) is 0 Å². The van der Waals surface area contributed by atoms with Gasteiger partial charge in [-0.1, -0.05) is 105 Å². The van der Waals surface area contributed by atoms with Crippen LogP contribution < -0.4 is 0 Å². The van der Waals surface area contributed by atoms with Crippen molar-refractivity contribution in [1.29, 1.82) is 0 Å². The summed E-state index contributed by atoms with van der Waals surface area (Å²) in [4.78, 5) is 14.9. The Hall–Kier alpha value is -5.81. The van der Waals surface area contributed by atoms with E-state index in [2.05, 4.69) is 133 Å². The Balaban J connectivity index is 1.44. The smallest absolute Gasteiger partial charge is 0.238 e. The van der Waals surface area contributed by atoms with Crippen molar-refractivity contribution in [1.82, 2.24) is 24.1 Å². The molecule has 5 heteroatoms. The number of hydrogen-bond acceptors (Lipinski definition) is 3. The number of nitrogens with zero attached hydrogens (tertiary/aromatic N) is 5. The first kappa shape index (κ1) is 27.5. The number of hydrogen-bond donors (Lipinski definition) is 0. The van der Waals surface area contributed by atoms with Crippen molar-refractivity contribution in [2.75, 3.05) is 0 Å². The van der Waals surface area contributed by atoms with Crippen LogP contribution in [0, 0.1) is 0 Å². The molecule has 5 aromatic carbocycles. The van der Waals surface area contributed by atoms with Crippen molar-refractivity contribution in [3.8, 4) is 22.8 Å². The second-order valence-corrected chi connectivity index (χ2v) is 12.9. The summed E-state index contributed by atoms with van der Waals surface area (Å²) >= 11 is 0. The molecule has 0 atom stereocenters. The first-order valence-corrected chi connectivity index (χ1v) is 16.2. The Morgan fingerprint density at radius 2 is 1.36 bits per heavy atom. The van der Waals surface area contributed by atoms with Crippen LogP contribution >= 0.6 is 0 Å². The average Bonchev–Trinajstić information content (AvgIpc) is 3.68. The number of aromatic nitrogens is 5. The summed E-state index contributed by atoms with van der Waals surface area (Å²) < 4.78 is 4.66. The van der Waals surface area contributed by atoms with Gasteiger partial charge in [0.15, 0.2) is 5.82 Å². The van der Waals surface area contributed by atoms with Gasteiger partial charge in [-0.25, -0.2) is 4.98 Å². The lowest BCUT2D eigenvalue weighted by atomic mass is 9.81. The quantitative estimate of drug-likeness (QED) is 0.183. The molecule has 1 aliphatic rings. The van der Waals surface area contributed by atoms with Crippen molar-refractivity contribution < 1.29 is 0 Å². The van der Waals surface area contributed by atoms with E-state index < -0.39 is 0 Å². The molecule has 0 amide bonds. The highest BCUT2D eigenvalue weighted by Gasteiger charge is 2.38. The van der Waals surface area contributed by atoms with Crippen molar-refractivity contribution in [2.45, 2.75) is 32.6 Å². The monoisotopic (exact) mass is 607 g/mol. The summed E-state index contributed by atoms with van der Waals surface area (Å²) in [5.74, 6) is 1.95. The molecule has 5 nitrogen and oxygen atoms in total. The molecular weight excluding hydrogens is 574 g/mol. The van der Waals surface area contributed by atoms with Crippen LogP contribution in [0.15, 0.2) is 122 Å². The molecule has 0 fully saturated rings. The molecule has 3 heterocycles. The summed E-state index contributed by atoms with van der Waals surface area (Å²) in [6.07, 6.45) is 6.32. The van der Waals surface area contributed by atoms with Crippen molar-refractivity contribution in [2.24, 2.45) is 0 Å². The molecule has 0 unspecified atom stereocenters. The summed E-state index contributed by atoms with van der Waals surface area (Å²) in [6, 6.07) is 37.5. The van der Waals surface area contributed by atoms with Crippen LogP contribution in [0.25, 0.3) is 72.5 Å². The van der Waals surface area contributed by atoms with E-state index in [-0.39, 0.29) is 5.41 Å². The maximum Gasteiger partial charge on any atom is 0.238 e. The second-order valence-electron chi connectivity index (χ2n) is 12.9. The molecule has 0 bridgehead atoms. The standard InChI is InChI=1S/C42H33N5/c1-5-13-37-43-38(14-6-2)45-41(44-37)47-36-25-26(46-34-19-11-8-16-28(34)29-17-9-12-20-35(29)46)21-22-30(36)32-24-23-31-27-15-7-10-18-33(27)42(3,4)39(31)40(32)47/h5-12,14-25H,1,13H2,2-4H3/b14-6+. The summed E-state index contributed by atoms with van der Waals surface area (Å²) in [7, 11) is 0. The third-order valence-electron chi connectivity index (χ3n) is 9.80. The van der Waals surface area contributed by atoms with E-state index in [1.165, 1.54) is 49.4 Å². The molecule has 0 spiro atoms. The predicted octanol–water partition coefficient (Wildman–Crippen LogP) is 10.1. The lowest BCUT2D eigenvalue weighted by Crippen LogP contribution is -2.17. The highest BCUT2D eigenvalue weighted by molar-refractivity contribution is 6.14. The minimum Gasteiger partial charge on any atom is -0.309 e. The Labute approximate surface area is 273 Å². The fourth-order valence-electron chi connectivity index (χ4n) is 7.87. The van der Waals surface area contributed by atoms with Gasteiger partial charge in [0, 0.05) is 39.1 Å². The van der Waals surface area contributed by atoms with Gasteiger partial charge in [-0.2, -0.15) is 9.97 Å². The summed E-state index contributed by atoms with van der Waals surface area (Å²) in [6.45, 7) is 10.6. The molecule has 9 rings (SSSR count). The fraction of sp³-hybridized carbons (Fsp3) is 0.119. The van der Waals surface area contributed by atoms with Gasteiger partial charge in [0.05, 0.1) is 22.1 Å². The second kappa shape index (κ2) is 10.1. The van der Waals surface area contributed by atoms with E-state index in [4.69, 9.17) is 15.0 Å². The molecule has 0 N–H and O–H groups in total. The number of para-hydroxylation sites is 2. The van der Waals surface area contributed by atoms with Gasteiger partial charge in [0.1, 0.15) is 5.82 Å².